The second-order valence-corrected chi connectivity index (χ2v) is 22.4. The number of nitrogens with zero attached hydrogens (tertiary/aromatic N) is 2. The summed E-state index contributed by atoms with van der Waals surface area (Å²) in [6, 6.07) is 69.9. The van der Waals surface area contributed by atoms with Gasteiger partial charge in [-0.3, -0.25) is 4.98 Å². The van der Waals surface area contributed by atoms with Crippen LogP contribution in [-0.4, -0.2) is 102 Å². The molecule has 0 aliphatic carbocycles. The Hall–Kier alpha value is -8.20. The molecule has 0 radical (unpaired) electrons. The monoisotopic (exact) mass is 1190 g/mol. The zero-order chi connectivity index (χ0) is 58.7. The molecule has 0 saturated carbocycles. The molecule has 7 aromatic carbocycles. The molecule has 10 atom stereocenters. The van der Waals surface area contributed by atoms with Gasteiger partial charge in [-0.05, 0) is 70.8 Å². The number of carbonyl (C=O) groups excluding carboxylic acids is 3. The predicted molar refractivity (Wildman–Crippen MR) is 323 cm³/mol. The van der Waals surface area contributed by atoms with Crippen molar-refractivity contribution in [3.8, 4) is 11.4 Å². The fourth-order valence-corrected chi connectivity index (χ4v) is 12.0. The Bertz CT molecular complexity index is 3510. The molecule has 0 N–H and O–H groups in total. The maximum Gasteiger partial charge on any atom is 0.338 e. The number of rotatable bonds is 25. The Kier molecular flexibility index (Phi) is 20.9. The fraction of sp³-hybridized carbons (Fsp3) is 0.232. The number of benzene rings is 7. The van der Waals surface area contributed by atoms with Crippen LogP contribution in [0.2, 0.25) is 0 Å². The largest absolute Gasteiger partial charge is 0.452 e. The first-order chi connectivity index (χ1) is 42.4. The third-order valence-corrected chi connectivity index (χ3v) is 16.4. The highest BCUT2D eigenvalue weighted by molar-refractivity contribution is 8.01. The van der Waals surface area contributed by atoms with Crippen LogP contribution in [0, 0.1) is 0 Å². The molecular weight excluding hydrogens is 1130 g/mol. The zero-order valence-corrected chi connectivity index (χ0v) is 48.3. The summed E-state index contributed by atoms with van der Waals surface area (Å²) in [4.78, 5) is 53.1. The summed E-state index contributed by atoms with van der Waals surface area (Å²) in [7, 11) is 0. The summed E-state index contributed by atoms with van der Waals surface area (Å²) < 4.78 is 68.8. The van der Waals surface area contributed by atoms with Crippen molar-refractivity contribution in [2.75, 3.05) is 13.2 Å². The number of aromatic nitrogens is 2. The molecule has 15 nitrogen and oxygen atoms in total. The van der Waals surface area contributed by atoms with Crippen molar-refractivity contribution in [3.05, 3.63) is 281 Å². The number of esters is 3. The van der Waals surface area contributed by atoms with E-state index in [2.05, 4.69) is 4.98 Å². The third kappa shape index (κ3) is 16.0. The van der Waals surface area contributed by atoms with E-state index >= 15 is 0 Å². The SMILES string of the molecule is O=C(O[C@@H]1[C@@H](OC(=O)c2ccccc2)[C@H](Sc2nc(-c3ccccn3)cs2)O[C@H](COC2O[C@H](COCc3ccccc3)[C@@H](OCc3ccccc3)[C@H](OCc3ccccc3)[C@H]2OCc2ccccc2)[C@H]1OC(=O)c1ccccc1)c1ccccc1. The van der Waals surface area contributed by atoms with Gasteiger partial charge in [0, 0.05) is 11.6 Å². The van der Waals surface area contributed by atoms with E-state index in [4.69, 9.17) is 52.4 Å². The van der Waals surface area contributed by atoms with E-state index in [0.29, 0.717) is 15.7 Å². The third-order valence-electron chi connectivity index (χ3n) is 14.2. The van der Waals surface area contributed by atoms with E-state index in [-0.39, 0.29) is 56.3 Å². The van der Waals surface area contributed by atoms with Crippen LogP contribution in [0.1, 0.15) is 53.3 Å². The van der Waals surface area contributed by atoms with Gasteiger partial charge in [-0.15, -0.1) is 11.3 Å². The molecule has 1 unspecified atom stereocenters. The lowest BCUT2D eigenvalue weighted by molar-refractivity contribution is -0.335. The molecule has 2 aliphatic rings. The number of hydrogen-bond acceptors (Lipinski definition) is 17. The van der Waals surface area contributed by atoms with E-state index in [9.17, 15) is 14.4 Å². The molecule has 11 rings (SSSR count). The van der Waals surface area contributed by atoms with Crippen molar-refractivity contribution in [3.63, 3.8) is 0 Å². The first-order valence-electron chi connectivity index (χ1n) is 28.2. The summed E-state index contributed by atoms with van der Waals surface area (Å²) in [6.07, 6.45) is -8.82. The second kappa shape index (κ2) is 30.2. The van der Waals surface area contributed by atoms with Gasteiger partial charge in [0.15, 0.2) is 34.4 Å². The molecule has 17 heteroatoms. The van der Waals surface area contributed by atoms with Crippen molar-refractivity contribution in [1.29, 1.82) is 0 Å². The second-order valence-electron chi connectivity index (χ2n) is 20.2. The molecule has 86 heavy (non-hydrogen) atoms. The van der Waals surface area contributed by atoms with E-state index in [0.717, 1.165) is 34.0 Å². The quantitative estimate of drug-likeness (QED) is 0.0391. The van der Waals surface area contributed by atoms with Crippen LogP contribution in [-0.2, 0) is 73.8 Å². The number of thioether (sulfide) groups is 1. The van der Waals surface area contributed by atoms with Gasteiger partial charge < -0.3 is 47.4 Å². The lowest BCUT2D eigenvalue weighted by Gasteiger charge is -2.47. The lowest BCUT2D eigenvalue weighted by Crippen LogP contribution is -2.64. The maximum atomic E-state index is 14.6. The van der Waals surface area contributed by atoms with Gasteiger partial charge in [-0.25, -0.2) is 19.4 Å². The Labute approximate surface area is 507 Å². The van der Waals surface area contributed by atoms with Crippen LogP contribution in [0.4, 0.5) is 0 Å². The smallest absolute Gasteiger partial charge is 0.338 e. The molecule has 4 heterocycles. The highest BCUT2D eigenvalue weighted by Gasteiger charge is 2.55. The van der Waals surface area contributed by atoms with Crippen molar-refractivity contribution >= 4 is 41.0 Å². The normalized spacial score (nSPS) is 21.9. The van der Waals surface area contributed by atoms with Crippen LogP contribution < -0.4 is 0 Å². The molecule has 2 saturated heterocycles. The lowest BCUT2D eigenvalue weighted by atomic mass is 9.97. The number of ether oxygens (including phenoxy) is 10. The predicted octanol–water partition coefficient (Wildman–Crippen LogP) is 12.4. The van der Waals surface area contributed by atoms with Gasteiger partial charge in [-0.1, -0.05) is 194 Å². The van der Waals surface area contributed by atoms with Gasteiger partial charge in [0.2, 0.25) is 0 Å². The van der Waals surface area contributed by atoms with Gasteiger partial charge in [0.05, 0.1) is 62.0 Å². The minimum absolute atomic E-state index is 0.0427. The number of thiazole rings is 1. The van der Waals surface area contributed by atoms with E-state index in [1.165, 1.54) is 11.3 Å². The van der Waals surface area contributed by atoms with Crippen LogP contribution in [0.25, 0.3) is 11.4 Å². The number of pyridine rings is 1. The Morgan fingerprint density at radius 2 is 0.837 bits per heavy atom. The van der Waals surface area contributed by atoms with Crippen molar-refractivity contribution in [1.82, 2.24) is 9.97 Å². The van der Waals surface area contributed by atoms with Gasteiger partial charge >= 0.3 is 17.9 Å². The Morgan fingerprint density at radius 1 is 0.407 bits per heavy atom. The topological polar surface area (TPSA) is 169 Å². The van der Waals surface area contributed by atoms with E-state index in [1.54, 1.807) is 97.2 Å². The summed E-state index contributed by atoms with van der Waals surface area (Å²) in [6.45, 7) is 0.430. The standard InChI is InChI=1S/C69H62N2O13S2/c72-64(51-32-16-5-17-33-51)82-59-57(81-68(86-69-71-55(46-85-69)54-38-22-23-39-70-54)63(84-66(74)53-36-20-7-21-37-53)61(59)83-65(73)52-34-18-6-19-35-52)45-79-67-62(78-43-50-30-14-4-15-31-50)60(77-42-49-28-12-3-13-29-49)58(76-41-48-26-10-2-11-27-48)56(80-67)44-75-40-47-24-8-1-9-25-47/h1-39,46,56-63,67-68H,40-45H2/t56-,57-,58-,59-,60+,61+,62-,63-,67?,68+/m1/s1. The molecule has 2 fully saturated rings. The van der Waals surface area contributed by atoms with Crippen molar-refractivity contribution < 1.29 is 61.8 Å². The summed E-state index contributed by atoms with van der Waals surface area (Å²) in [5.41, 5.74) is 4.32. The molecule has 0 amide bonds. The average Bonchev–Trinajstić information content (AvgIpc) is 3.90. The van der Waals surface area contributed by atoms with Gasteiger partial charge in [0.25, 0.3) is 0 Å². The fourth-order valence-electron chi connectivity index (χ4n) is 9.92. The molecular formula is C69H62N2O13S2. The molecule has 2 aliphatic heterocycles. The molecule has 0 bridgehead atoms. The molecule has 0 spiro atoms. The number of hydrogen-bond donors (Lipinski definition) is 0. The van der Waals surface area contributed by atoms with E-state index in [1.807, 2.05) is 145 Å². The minimum Gasteiger partial charge on any atom is -0.452 e. The van der Waals surface area contributed by atoms with E-state index < -0.39 is 78.5 Å². The zero-order valence-electron chi connectivity index (χ0n) is 46.6. The first-order valence-corrected chi connectivity index (χ1v) is 30.0. The minimum atomic E-state index is -1.53. The maximum absolute atomic E-state index is 14.6. The summed E-state index contributed by atoms with van der Waals surface area (Å²) >= 11 is 2.46. The van der Waals surface area contributed by atoms with Crippen molar-refractivity contribution in [2.45, 2.75) is 91.3 Å². The highest BCUT2D eigenvalue weighted by atomic mass is 32.2. The number of carbonyl (C=O) groups is 3. The van der Waals surface area contributed by atoms with Gasteiger partial charge in [0.1, 0.15) is 36.2 Å². The molecule has 438 valence electrons. The molecule has 2 aromatic heterocycles. The Balaban J connectivity index is 0.993. The van der Waals surface area contributed by atoms with Crippen LogP contribution >= 0.6 is 23.1 Å². The van der Waals surface area contributed by atoms with Crippen LogP contribution in [0.3, 0.4) is 0 Å². The van der Waals surface area contributed by atoms with Crippen LogP contribution in [0.15, 0.2) is 246 Å². The summed E-state index contributed by atoms with van der Waals surface area (Å²) in [5, 5.41) is 1.86. The Morgan fingerprint density at radius 3 is 1.34 bits per heavy atom. The molecule has 9 aromatic rings. The average molecular weight is 1190 g/mol. The first kappa shape index (κ1) is 59.5. The van der Waals surface area contributed by atoms with Crippen LogP contribution in [0.5, 0.6) is 0 Å². The van der Waals surface area contributed by atoms with Crippen molar-refractivity contribution in [2.24, 2.45) is 0 Å². The van der Waals surface area contributed by atoms with Gasteiger partial charge in [-0.2, -0.15) is 0 Å². The highest BCUT2D eigenvalue weighted by Crippen LogP contribution is 2.41. The summed E-state index contributed by atoms with van der Waals surface area (Å²) in [5.74, 6) is -2.30.